The fourth-order valence-corrected chi connectivity index (χ4v) is 2.29. The molecule has 0 fully saturated rings. The van der Waals surface area contributed by atoms with Crippen LogP contribution < -0.4 is 5.73 Å². The second kappa shape index (κ2) is 6.35. The van der Waals surface area contributed by atoms with E-state index in [1.807, 2.05) is 25.1 Å². The minimum absolute atomic E-state index is 0.0928. The molecule has 15 heavy (non-hydrogen) atoms. The molecule has 0 aliphatic heterocycles. The summed E-state index contributed by atoms with van der Waals surface area (Å²) < 4.78 is 0. The zero-order valence-electron chi connectivity index (χ0n) is 8.76. The lowest BCUT2D eigenvalue weighted by molar-refractivity contribution is 0.317. The summed E-state index contributed by atoms with van der Waals surface area (Å²) in [6.07, 6.45) is 0.868. The van der Waals surface area contributed by atoms with Gasteiger partial charge in [-0.05, 0) is 12.0 Å². The smallest absolute Gasteiger partial charge is 0.152 e. The Labute approximate surface area is 94.4 Å². The Morgan fingerprint density at radius 3 is 2.67 bits per heavy atom. The van der Waals surface area contributed by atoms with Crippen LogP contribution >= 0.6 is 11.8 Å². The predicted molar refractivity (Wildman–Crippen MR) is 65.2 cm³/mol. The molecule has 0 radical (unpaired) electrons. The zero-order valence-corrected chi connectivity index (χ0v) is 9.57. The molecule has 0 saturated heterocycles. The van der Waals surface area contributed by atoms with Crippen LogP contribution in [-0.2, 0) is 5.75 Å². The molecule has 1 rings (SSSR count). The maximum absolute atomic E-state index is 8.58. The summed E-state index contributed by atoms with van der Waals surface area (Å²) in [4.78, 5) is 0. The van der Waals surface area contributed by atoms with Gasteiger partial charge in [-0.15, -0.1) is 11.8 Å². The highest BCUT2D eigenvalue weighted by atomic mass is 32.2. The van der Waals surface area contributed by atoms with E-state index >= 15 is 0 Å². The first kappa shape index (κ1) is 11.9. The van der Waals surface area contributed by atoms with Crippen LogP contribution in [0.25, 0.3) is 0 Å². The van der Waals surface area contributed by atoms with Gasteiger partial charge < -0.3 is 10.9 Å². The molecule has 0 spiro atoms. The molecule has 0 bridgehead atoms. The van der Waals surface area contributed by atoms with Gasteiger partial charge in [-0.1, -0.05) is 42.4 Å². The van der Waals surface area contributed by atoms with Crippen molar-refractivity contribution in [3.63, 3.8) is 0 Å². The first-order valence-corrected chi connectivity index (χ1v) is 5.95. The highest BCUT2D eigenvalue weighted by molar-refractivity contribution is 7.99. The van der Waals surface area contributed by atoms with E-state index in [0.717, 1.165) is 12.2 Å². The summed E-state index contributed by atoms with van der Waals surface area (Å²) in [6, 6.07) is 10.2. The lowest BCUT2D eigenvalue weighted by atomic mass is 10.2. The molecule has 1 atom stereocenters. The van der Waals surface area contributed by atoms with Crippen molar-refractivity contribution in [1.29, 1.82) is 0 Å². The summed E-state index contributed by atoms with van der Waals surface area (Å²) >= 11 is 1.69. The molecule has 1 aromatic rings. The fraction of sp³-hybridized carbons (Fsp3) is 0.364. The van der Waals surface area contributed by atoms with Crippen LogP contribution in [0.2, 0.25) is 0 Å². The number of benzene rings is 1. The molecular weight excluding hydrogens is 208 g/mol. The van der Waals surface area contributed by atoms with Crippen molar-refractivity contribution in [3.05, 3.63) is 35.9 Å². The van der Waals surface area contributed by atoms with Gasteiger partial charge >= 0.3 is 0 Å². The number of thioether (sulfide) groups is 1. The largest absolute Gasteiger partial charge is 0.409 e. The van der Waals surface area contributed by atoms with Gasteiger partial charge in [0.1, 0.15) is 0 Å². The number of oxime groups is 1. The average molecular weight is 224 g/mol. The van der Waals surface area contributed by atoms with Gasteiger partial charge in [-0.2, -0.15) is 0 Å². The van der Waals surface area contributed by atoms with Crippen molar-refractivity contribution in [2.24, 2.45) is 10.9 Å². The van der Waals surface area contributed by atoms with Crippen LogP contribution in [0.15, 0.2) is 35.5 Å². The SMILES string of the molecule is CCC(SCc1ccccc1)C(N)=NO. The molecule has 3 N–H and O–H groups in total. The third-order valence-electron chi connectivity index (χ3n) is 2.11. The molecule has 0 amide bonds. The second-order valence-electron chi connectivity index (χ2n) is 3.22. The monoisotopic (exact) mass is 224 g/mol. The summed E-state index contributed by atoms with van der Waals surface area (Å²) in [5, 5.41) is 11.7. The van der Waals surface area contributed by atoms with Crippen LogP contribution in [0, 0.1) is 0 Å². The maximum Gasteiger partial charge on any atom is 0.152 e. The number of amidine groups is 1. The molecule has 4 heteroatoms. The maximum atomic E-state index is 8.58. The molecule has 1 aromatic carbocycles. The molecule has 0 heterocycles. The Hall–Kier alpha value is -1.16. The van der Waals surface area contributed by atoms with Crippen LogP contribution in [0.5, 0.6) is 0 Å². The molecule has 0 saturated carbocycles. The summed E-state index contributed by atoms with van der Waals surface area (Å²) in [5.41, 5.74) is 6.83. The fourth-order valence-electron chi connectivity index (χ4n) is 1.25. The van der Waals surface area contributed by atoms with Gasteiger partial charge in [0, 0.05) is 5.75 Å². The summed E-state index contributed by atoms with van der Waals surface area (Å²) in [6.45, 7) is 2.03. The van der Waals surface area contributed by atoms with E-state index < -0.39 is 0 Å². The van der Waals surface area contributed by atoms with Crippen molar-refractivity contribution in [2.75, 3.05) is 0 Å². The van der Waals surface area contributed by atoms with Crippen LogP contribution in [0.4, 0.5) is 0 Å². The highest BCUT2D eigenvalue weighted by Crippen LogP contribution is 2.20. The topological polar surface area (TPSA) is 58.6 Å². The first-order valence-electron chi connectivity index (χ1n) is 4.90. The Kier molecular flexibility index (Phi) is 5.04. The van der Waals surface area contributed by atoms with Gasteiger partial charge in [-0.25, -0.2) is 0 Å². The van der Waals surface area contributed by atoms with Crippen LogP contribution in [0.3, 0.4) is 0 Å². The summed E-state index contributed by atoms with van der Waals surface area (Å²) in [5.74, 6) is 1.19. The predicted octanol–water partition coefficient (Wildman–Crippen LogP) is 2.44. The Bertz CT molecular complexity index is 314. The molecule has 0 aromatic heterocycles. The quantitative estimate of drug-likeness (QED) is 0.349. The van der Waals surface area contributed by atoms with Gasteiger partial charge in [-0.3, -0.25) is 0 Å². The van der Waals surface area contributed by atoms with E-state index in [9.17, 15) is 0 Å². The minimum Gasteiger partial charge on any atom is -0.409 e. The standard InChI is InChI=1S/C11H16N2OS/c1-2-10(11(12)13-14)15-8-9-6-4-3-5-7-9/h3-7,10,14H,2,8H2,1H3,(H2,12,13). The summed E-state index contributed by atoms with van der Waals surface area (Å²) in [7, 11) is 0. The number of hydrogen-bond acceptors (Lipinski definition) is 3. The van der Waals surface area contributed by atoms with Crippen LogP contribution in [0.1, 0.15) is 18.9 Å². The third kappa shape index (κ3) is 3.83. The third-order valence-corrected chi connectivity index (χ3v) is 3.59. The van der Waals surface area contributed by atoms with Crippen LogP contribution in [-0.4, -0.2) is 16.3 Å². The van der Waals surface area contributed by atoms with Gasteiger partial charge in [0.2, 0.25) is 0 Å². The van der Waals surface area contributed by atoms with Crippen molar-refractivity contribution in [3.8, 4) is 0 Å². The Balaban J connectivity index is 2.48. The van der Waals surface area contributed by atoms with E-state index in [1.54, 1.807) is 11.8 Å². The van der Waals surface area contributed by atoms with Gasteiger partial charge in [0.15, 0.2) is 5.84 Å². The van der Waals surface area contributed by atoms with Gasteiger partial charge in [0.25, 0.3) is 0 Å². The van der Waals surface area contributed by atoms with E-state index in [2.05, 4.69) is 17.3 Å². The van der Waals surface area contributed by atoms with Crippen molar-refractivity contribution >= 4 is 17.6 Å². The van der Waals surface area contributed by atoms with E-state index in [1.165, 1.54) is 5.56 Å². The van der Waals surface area contributed by atoms with Crippen molar-refractivity contribution in [1.82, 2.24) is 0 Å². The van der Waals surface area contributed by atoms with Crippen molar-refractivity contribution in [2.45, 2.75) is 24.3 Å². The Morgan fingerprint density at radius 2 is 2.13 bits per heavy atom. The van der Waals surface area contributed by atoms with E-state index in [0.29, 0.717) is 5.84 Å². The van der Waals surface area contributed by atoms with Crippen molar-refractivity contribution < 1.29 is 5.21 Å². The molecule has 3 nitrogen and oxygen atoms in total. The zero-order chi connectivity index (χ0) is 11.1. The molecule has 0 aliphatic rings. The first-order chi connectivity index (χ1) is 7.27. The number of rotatable bonds is 5. The normalized spacial score (nSPS) is 13.8. The number of nitrogens with two attached hydrogens (primary N) is 1. The van der Waals surface area contributed by atoms with Gasteiger partial charge in [0.05, 0.1) is 5.25 Å². The van der Waals surface area contributed by atoms with E-state index in [4.69, 9.17) is 10.9 Å². The minimum atomic E-state index is 0.0928. The average Bonchev–Trinajstić information content (AvgIpc) is 2.31. The lowest BCUT2D eigenvalue weighted by Gasteiger charge is -2.12. The molecular formula is C11H16N2OS. The Morgan fingerprint density at radius 1 is 1.47 bits per heavy atom. The number of hydrogen-bond donors (Lipinski definition) is 2. The molecule has 0 aliphatic carbocycles. The second-order valence-corrected chi connectivity index (χ2v) is 4.41. The highest BCUT2D eigenvalue weighted by Gasteiger charge is 2.11. The lowest BCUT2D eigenvalue weighted by Crippen LogP contribution is -2.25. The molecule has 1 unspecified atom stereocenters. The number of nitrogens with zero attached hydrogens (tertiary/aromatic N) is 1. The molecule has 82 valence electrons. The van der Waals surface area contributed by atoms with E-state index in [-0.39, 0.29) is 5.25 Å².